The van der Waals surface area contributed by atoms with E-state index in [1.165, 1.54) is 12.3 Å². The van der Waals surface area contributed by atoms with Gasteiger partial charge in [0.15, 0.2) is 4.90 Å². The summed E-state index contributed by atoms with van der Waals surface area (Å²) in [5, 5.41) is 11.3. The number of thiophene rings is 1. The molecule has 0 spiro atoms. The highest BCUT2D eigenvalue weighted by molar-refractivity contribution is 8.14. The molecule has 13 heavy (non-hydrogen) atoms. The van der Waals surface area contributed by atoms with E-state index in [9.17, 15) is 18.5 Å². The number of nitrogens with zero attached hydrogens (tertiary/aromatic N) is 1. The zero-order valence-electron chi connectivity index (χ0n) is 6.35. The number of aryl methyl sites for hydroxylation is 1. The molecule has 72 valence electrons. The van der Waals surface area contributed by atoms with Gasteiger partial charge in [0, 0.05) is 16.1 Å². The van der Waals surface area contributed by atoms with E-state index in [-0.39, 0.29) is 0 Å². The van der Waals surface area contributed by atoms with Crippen molar-refractivity contribution in [2.75, 3.05) is 0 Å². The number of hydrogen-bond acceptors (Lipinski definition) is 5. The first-order valence-electron chi connectivity index (χ1n) is 3.01. The molecule has 0 bridgehead atoms. The molecule has 1 aromatic rings. The van der Waals surface area contributed by atoms with Crippen molar-refractivity contribution < 1.29 is 13.3 Å². The topological polar surface area (TPSA) is 77.3 Å². The number of nitro groups is 1. The van der Waals surface area contributed by atoms with E-state index >= 15 is 0 Å². The molecule has 0 saturated carbocycles. The third kappa shape index (κ3) is 1.98. The number of hydrogen-bond donors (Lipinski definition) is 0. The third-order valence-corrected chi connectivity index (χ3v) is 3.95. The Balaban J connectivity index is 3.51. The van der Waals surface area contributed by atoms with Crippen molar-refractivity contribution >= 4 is 36.1 Å². The van der Waals surface area contributed by atoms with Crippen LogP contribution >= 0.6 is 22.0 Å². The second-order valence-electron chi connectivity index (χ2n) is 2.25. The van der Waals surface area contributed by atoms with Crippen LogP contribution in [0.3, 0.4) is 0 Å². The van der Waals surface area contributed by atoms with Gasteiger partial charge in [-0.1, -0.05) is 11.3 Å². The Morgan fingerprint density at radius 1 is 1.62 bits per heavy atom. The standard InChI is InChI=1S/C5H4ClNO4S2/c1-3-2-12-5(7(8)9)4(3)13(6,10)11/h2H,1H3. The average molecular weight is 242 g/mol. The summed E-state index contributed by atoms with van der Waals surface area (Å²) in [5.74, 6) is 0. The summed E-state index contributed by atoms with van der Waals surface area (Å²) in [5.41, 5.74) is 0.298. The molecule has 0 aliphatic carbocycles. The lowest BCUT2D eigenvalue weighted by atomic mass is 10.4. The van der Waals surface area contributed by atoms with Crippen molar-refractivity contribution in [2.45, 2.75) is 11.8 Å². The molecule has 0 N–H and O–H groups in total. The van der Waals surface area contributed by atoms with E-state index in [2.05, 4.69) is 0 Å². The molecule has 0 aliphatic rings. The zero-order valence-corrected chi connectivity index (χ0v) is 8.74. The first kappa shape index (κ1) is 10.4. The van der Waals surface area contributed by atoms with Crippen molar-refractivity contribution in [3.05, 3.63) is 21.1 Å². The molecule has 0 fully saturated rings. The van der Waals surface area contributed by atoms with Gasteiger partial charge in [0.1, 0.15) is 0 Å². The summed E-state index contributed by atoms with van der Waals surface area (Å²) in [6.07, 6.45) is 0. The maximum absolute atomic E-state index is 10.9. The van der Waals surface area contributed by atoms with Gasteiger partial charge in [-0.15, -0.1) is 0 Å². The number of halogens is 1. The second-order valence-corrected chi connectivity index (χ2v) is 5.61. The van der Waals surface area contributed by atoms with Gasteiger partial charge in [-0.3, -0.25) is 10.1 Å². The van der Waals surface area contributed by atoms with Gasteiger partial charge in [0.05, 0.1) is 4.92 Å². The zero-order chi connectivity index (χ0) is 10.2. The van der Waals surface area contributed by atoms with Gasteiger partial charge in [-0.05, 0) is 12.5 Å². The van der Waals surface area contributed by atoms with E-state index in [0.29, 0.717) is 5.56 Å². The lowest BCUT2D eigenvalue weighted by Gasteiger charge is -1.92. The van der Waals surface area contributed by atoms with Crippen LogP contribution in [0.2, 0.25) is 0 Å². The highest BCUT2D eigenvalue weighted by Gasteiger charge is 2.28. The van der Waals surface area contributed by atoms with Crippen LogP contribution in [0.25, 0.3) is 0 Å². The smallest absolute Gasteiger partial charge is 0.258 e. The molecule has 5 nitrogen and oxygen atoms in total. The quantitative estimate of drug-likeness (QED) is 0.450. The van der Waals surface area contributed by atoms with E-state index in [0.717, 1.165) is 11.3 Å². The van der Waals surface area contributed by atoms with E-state index in [1.807, 2.05) is 0 Å². The fourth-order valence-corrected chi connectivity index (χ4v) is 3.60. The summed E-state index contributed by atoms with van der Waals surface area (Å²) in [4.78, 5) is 9.22. The first-order valence-corrected chi connectivity index (χ1v) is 6.20. The van der Waals surface area contributed by atoms with Crippen LogP contribution in [-0.4, -0.2) is 13.3 Å². The largest absolute Gasteiger partial charge is 0.344 e. The summed E-state index contributed by atoms with van der Waals surface area (Å²) < 4.78 is 21.8. The van der Waals surface area contributed by atoms with Crippen molar-refractivity contribution in [1.82, 2.24) is 0 Å². The van der Waals surface area contributed by atoms with Crippen molar-refractivity contribution in [3.8, 4) is 0 Å². The highest BCUT2D eigenvalue weighted by Crippen LogP contribution is 2.35. The Labute approximate surface area is 82.5 Å². The Kier molecular flexibility index (Phi) is 2.60. The summed E-state index contributed by atoms with van der Waals surface area (Å²) in [6.45, 7) is 1.46. The predicted molar refractivity (Wildman–Crippen MR) is 48.7 cm³/mol. The molecule has 0 unspecified atom stereocenters. The Morgan fingerprint density at radius 3 is 2.46 bits per heavy atom. The number of rotatable bonds is 2. The third-order valence-electron chi connectivity index (χ3n) is 1.31. The maximum Gasteiger partial charge on any atom is 0.344 e. The van der Waals surface area contributed by atoms with Gasteiger partial charge in [0.2, 0.25) is 0 Å². The SMILES string of the molecule is Cc1csc([N+](=O)[O-])c1S(=O)(=O)Cl. The van der Waals surface area contributed by atoms with E-state index < -0.39 is 23.9 Å². The van der Waals surface area contributed by atoms with Crippen LogP contribution in [0, 0.1) is 17.0 Å². The summed E-state index contributed by atoms with van der Waals surface area (Å²) in [6, 6.07) is 0. The predicted octanol–water partition coefficient (Wildman–Crippen LogP) is 1.89. The monoisotopic (exact) mass is 241 g/mol. The molecule has 0 atom stereocenters. The van der Waals surface area contributed by atoms with Gasteiger partial charge in [0.25, 0.3) is 9.05 Å². The van der Waals surface area contributed by atoms with Gasteiger partial charge < -0.3 is 0 Å². The first-order chi connectivity index (χ1) is 5.84. The van der Waals surface area contributed by atoms with E-state index in [1.54, 1.807) is 0 Å². The fraction of sp³-hybridized carbons (Fsp3) is 0.200. The van der Waals surface area contributed by atoms with Crippen LogP contribution in [0.4, 0.5) is 5.00 Å². The lowest BCUT2D eigenvalue weighted by Crippen LogP contribution is -1.96. The normalized spacial score (nSPS) is 11.5. The fourth-order valence-electron chi connectivity index (χ4n) is 0.842. The minimum atomic E-state index is -4.02. The Bertz CT molecular complexity index is 449. The van der Waals surface area contributed by atoms with Crippen molar-refractivity contribution in [2.24, 2.45) is 0 Å². The minimum Gasteiger partial charge on any atom is -0.258 e. The highest BCUT2D eigenvalue weighted by atomic mass is 35.7. The summed E-state index contributed by atoms with van der Waals surface area (Å²) >= 11 is 0.748. The molecule has 0 aromatic carbocycles. The van der Waals surface area contributed by atoms with Crippen molar-refractivity contribution in [1.29, 1.82) is 0 Å². The Morgan fingerprint density at radius 2 is 2.15 bits per heavy atom. The van der Waals surface area contributed by atoms with Crippen LogP contribution in [0.5, 0.6) is 0 Å². The molecule has 0 radical (unpaired) electrons. The second kappa shape index (κ2) is 3.24. The van der Waals surface area contributed by atoms with Gasteiger partial charge in [-0.2, -0.15) is 0 Å². The molecular weight excluding hydrogens is 238 g/mol. The maximum atomic E-state index is 10.9. The molecule has 0 aliphatic heterocycles. The van der Waals surface area contributed by atoms with Crippen LogP contribution in [-0.2, 0) is 9.05 Å². The van der Waals surface area contributed by atoms with Crippen LogP contribution < -0.4 is 0 Å². The average Bonchev–Trinajstić information content (AvgIpc) is 2.28. The summed E-state index contributed by atoms with van der Waals surface area (Å²) in [7, 11) is 1.00. The molecule has 1 rings (SSSR count). The van der Waals surface area contributed by atoms with E-state index in [4.69, 9.17) is 10.7 Å². The molecule has 0 saturated heterocycles. The Hall–Kier alpha value is -0.660. The van der Waals surface area contributed by atoms with Crippen molar-refractivity contribution in [3.63, 3.8) is 0 Å². The van der Waals surface area contributed by atoms with Crippen LogP contribution in [0.1, 0.15) is 5.56 Å². The van der Waals surface area contributed by atoms with Crippen LogP contribution in [0.15, 0.2) is 10.3 Å². The van der Waals surface area contributed by atoms with Gasteiger partial charge >= 0.3 is 5.00 Å². The molecule has 0 amide bonds. The van der Waals surface area contributed by atoms with Gasteiger partial charge in [-0.25, -0.2) is 8.42 Å². The molecule has 1 heterocycles. The molecule has 8 heteroatoms. The lowest BCUT2D eigenvalue weighted by molar-refractivity contribution is -0.383. The minimum absolute atomic E-state index is 0.298. The molecule has 1 aromatic heterocycles. The molecular formula is C5H4ClNO4S2.